The number of alkyl halides is 2. The van der Waals surface area contributed by atoms with E-state index in [4.69, 9.17) is 0 Å². The first-order valence-corrected chi connectivity index (χ1v) is 11.5. The molecule has 3 N–H and O–H groups in total. The first-order valence-electron chi connectivity index (χ1n) is 9.49. The summed E-state index contributed by atoms with van der Waals surface area (Å²) in [7, 11) is 0. The van der Waals surface area contributed by atoms with Crippen LogP contribution in [0.25, 0.3) is 0 Å². The zero-order valence-electron chi connectivity index (χ0n) is 15.6. The Morgan fingerprint density at radius 1 is 1.16 bits per heavy atom. The number of allylic oxidation sites excluding steroid dienone is 1. The standard InChI is InChI=1S/C20H32Br2O3/c1-11(2)12-5-6-13(23)16-17-18(3,7-8-20(12,16)10-21)14(22)9-15(24)19(17,4)25/h5-6,11-17,23-25H,7-10H2,1-4H3/t12?,13-,14-,15-,16-,17-,18+,19+,20-/m0/s1. The summed E-state index contributed by atoms with van der Waals surface area (Å²) >= 11 is 7.60. The molecule has 0 spiro atoms. The van der Waals surface area contributed by atoms with E-state index in [1.807, 2.05) is 6.08 Å². The minimum atomic E-state index is -1.20. The van der Waals surface area contributed by atoms with Crippen LogP contribution in [0.2, 0.25) is 0 Å². The molecule has 3 aliphatic carbocycles. The maximum atomic E-state index is 11.4. The highest BCUT2D eigenvalue weighted by atomic mass is 79.9. The number of aliphatic hydroxyl groups is 3. The minimum Gasteiger partial charge on any atom is -0.390 e. The number of fused-ring (bicyclic) bond motifs is 3. The number of aliphatic hydroxyl groups excluding tert-OH is 2. The molecule has 5 heteroatoms. The number of rotatable bonds is 2. The summed E-state index contributed by atoms with van der Waals surface area (Å²) in [6.45, 7) is 8.48. The summed E-state index contributed by atoms with van der Waals surface area (Å²) in [6, 6.07) is 0. The summed E-state index contributed by atoms with van der Waals surface area (Å²) in [5.74, 6) is 0.577. The molecule has 2 saturated carbocycles. The fourth-order valence-electron chi connectivity index (χ4n) is 6.46. The average Bonchev–Trinajstić information content (AvgIpc) is 2.53. The van der Waals surface area contributed by atoms with Crippen LogP contribution in [-0.2, 0) is 0 Å². The van der Waals surface area contributed by atoms with Crippen LogP contribution in [0.3, 0.4) is 0 Å². The van der Waals surface area contributed by atoms with Crippen molar-refractivity contribution in [3.05, 3.63) is 12.2 Å². The molecule has 3 nitrogen and oxygen atoms in total. The fraction of sp³-hybridized carbons (Fsp3) is 0.900. The summed E-state index contributed by atoms with van der Waals surface area (Å²) in [5.41, 5.74) is -1.45. The Kier molecular flexibility index (Phi) is 5.35. The molecule has 0 bridgehead atoms. The molecule has 144 valence electrons. The van der Waals surface area contributed by atoms with Crippen molar-refractivity contribution in [2.45, 2.75) is 69.6 Å². The van der Waals surface area contributed by atoms with Crippen molar-refractivity contribution < 1.29 is 15.3 Å². The fourth-order valence-corrected chi connectivity index (χ4v) is 8.36. The summed E-state index contributed by atoms with van der Waals surface area (Å²) in [5, 5.41) is 33.9. The Labute approximate surface area is 168 Å². The van der Waals surface area contributed by atoms with Crippen molar-refractivity contribution in [3.63, 3.8) is 0 Å². The molecule has 0 aliphatic heterocycles. The molecule has 0 amide bonds. The van der Waals surface area contributed by atoms with Crippen molar-refractivity contribution in [2.75, 3.05) is 5.33 Å². The van der Waals surface area contributed by atoms with E-state index in [-0.39, 0.29) is 27.5 Å². The van der Waals surface area contributed by atoms with Gasteiger partial charge < -0.3 is 15.3 Å². The highest BCUT2D eigenvalue weighted by molar-refractivity contribution is 9.09. The van der Waals surface area contributed by atoms with Gasteiger partial charge in [0.15, 0.2) is 0 Å². The van der Waals surface area contributed by atoms with Crippen LogP contribution in [0.1, 0.15) is 47.0 Å². The SMILES string of the molecule is CC(C)C1C=C[C@H](O)[C@H]2[C@@H]3[C@](C)(O)[C@@H](O)C[C@H](Br)[C@@]3(C)CC[C@]12CBr. The van der Waals surface area contributed by atoms with Gasteiger partial charge in [-0.1, -0.05) is 64.8 Å². The molecule has 3 aliphatic rings. The van der Waals surface area contributed by atoms with Gasteiger partial charge in [-0.05, 0) is 48.9 Å². The van der Waals surface area contributed by atoms with E-state index in [9.17, 15) is 15.3 Å². The van der Waals surface area contributed by atoms with E-state index in [1.165, 1.54) is 0 Å². The number of hydrogen-bond acceptors (Lipinski definition) is 3. The molecule has 3 rings (SSSR count). The van der Waals surface area contributed by atoms with Crippen molar-refractivity contribution in [1.29, 1.82) is 0 Å². The molecule has 0 aromatic rings. The highest BCUT2D eigenvalue weighted by Gasteiger charge is 2.67. The van der Waals surface area contributed by atoms with Gasteiger partial charge in [0.25, 0.3) is 0 Å². The monoisotopic (exact) mass is 478 g/mol. The Morgan fingerprint density at radius 3 is 2.36 bits per heavy atom. The van der Waals surface area contributed by atoms with Gasteiger partial charge in [-0.2, -0.15) is 0 Å². The minimum absolute atomic E-state index is 0.0759. The second-order valence-electron chi connectivity index (χ2n) is 9.47. The third kappa shape index (κ3) is 2.74. The first-order chi connectivity index (χ1) is 11.5. The van der Waals surface area contributed by atoms with Crippen molar-refractivity contribution in [2.24, 2.45) is 34.5 Å². The molecule has 0 aromatic heterocycles. The smallest absolute Gasteiger partial charge is 0.0915 e. The Morgan fingerprint density at radius 2 is 1.80 bits per heavy atom. The second kappa shape index (κ2) is 6.58. The van der Waals surface area contributed by atoms with Gasteiger partial charge >= 0.3 is 0 Å². The zero-order chi connectivity index (χ0) is 18.8. The molecule has 25 heavy (non-hydrogen) atoms. The zero-order valence-corrected chi connectivity index (χ0v) is 18.8. The predicted octanol–water partition coefficient (Wildman–Crippen LogP) is 3.88. The third-order valence-electron chi connectivity index (χ3n) is 7.83. The summed E-state index contributed by atoms with van der Waals surface area (Å²) in [4.78, 5) is 0.143. The van der Waals surface area contributed by atoms with E-state index in [1.54, 1.807) is 6.92 Å². The van der Waals surface area contributed by atoms with E-state index < -0.39 is 17.8 Å². The van der Waals surface area contributed by atoms with E-state index in [2.05, 4.69) is 58.7 Å². The van der Waals surface area contributed by atoms with E-state index in [0.29, 0.717) is 18.3 Å². The maximum absolute atomic E-state index is 11.4. The molecule has 2 fully saturated rings. The van der Waals surface area contributed by atoms with Crippen LogP contribution >= 0.6 is 31.9 Å². The van der Waals surface area contributed by atoms with Gasteiger partial charge in [-0.25, -0.2) is 0 Å². The molecule has 0 saturated heterocycles. The number of halogens is 2. The Hall–Kier alpha value is 0.580. The lowest BCUT2D eigenvalue weighted by Gasteiger charge is -2.67. The summed E-state index contributed by atoms with van der Waals surface area (Å²) in [6.07, 6.45) is 5.31. The van der Waals surface area contributed by atoms with Crippen LogP contribution in [-0.4, -0.2) is 43.3 Å². The lowest BCUT2D eigenvalue weighted by molar-refractivity contribution is -0.235. The van der Waals surface area contributed by atoms with Gasteiger partial charge in [-0.15, -0.1) is 0 Å². The highest BCUT2D eigenvalue weighted by Crippen LogP contribution is 2.67. The molecular weight excluding hydrogens is 448 g/mol. The quantitative estimate of drug-likeness (QED) is 0.416. The maximum Gasteiger partial charge on any atom is 0.0915 e. The molecular formula is C20H32Br2O3. The van der Waals surface area contributed by atoms with Crippen molar-refractivity contribution in [3.8, 4) is 0 Å². The van der Waals surface area contributed by atoms with Crippen LogP contribution < -0.4 is 0 Å². The topological polar surface area (TPSA) is 60.7 Å². The van der Waals surface area contributed by atoms with E-state index in [0.717, 1.165) is 18.2 Å². The third-order valence-corrected chi connectivity index (χ3v) is 10.3. The lowest BCUT2D eigenvalue weighted by atomic mass is 9.41. The molecule has 9 atom stereocenters. The largest absolute Gasteiger partial charge is 0.390 e. The van der Waals surface area contributed by atoms with Crippen LogP contribution in [0.5, 0.6) is 0 Å². The van der Waals surface area contributed by atoms with Gasteiger partial charge in [0.05, 0.1) is 17.8 Å². The Balaban J connectivity index is 2.17. The normalized spacial score (nSPS) is 55.8. The van der Waals surface area contributed by atoms with Gasteiger partial charge in [0.2, 0.25) is 0 Å². The molecule has 0 aromatic carbocycles. The first kappa shape index (κ1) is 20.3. The molecule has 1 unspecified atom stereocenters. The van der Waals surface area contributed by atoms with Gasteiger partial charge in [0.1, 0.15) is 0 Å². The van der Waals surface area contributed by atoms with Crippen molar-refractivity contribution >= 4 is 31.9 Å². The Bertz CT molecular complexity index is 549. The van der Waals surface area contributed by atoms with Crippen molar-refractivity contribution in [1.82, 2.24) is 0 Å². The summed E-state index contributed by atoms with van der Waals surface area (Å²) < 4.78 is 0. The average molecular weight is 480 g/mol. The van der Waals surface area contributed by atoms with Gasteiger partial charge in [0, 0.05) is 22.0 Å². The van der Waals surface area contributed by atoms with Crippen LogP contribution in [0.4, 0.5) is 0 Å². The predicted molar refractivity (Wildman–Crippen MR) is 108 cm³/mol. The lowest BCUT2D eigenvalue weighted by Crippen LogP contribution is -2.70. The van der Waals surface area contributed by atoms with Gasteiger partial charge in [-0.3, -0.25) is 0 Å². The second-order valence-corrected chi connectivity index (χ2v) is 11.1. The molecule has 0 heterocycles. The number of hydrogen-bond donors (Lipinski definition) is 3. The molecule has 0 radical (unpaired) electrons. The van der Waals surface area contributed by atoms with Crippen LogP contribution in [0, 0.1) is 34.5 Å². The van der Waals surface area contributed by atoms with Crippen LogP contribution in [0.15, 0.2) is 12.2 Å². The van der Waals surface area contributed by atoms with E-state index >= 15 is 0 Å².